The Balaban J connectivity index is 1.53. The number of pyridine rings is 1. The number of hydrogen-bond donors (Lipinski definition) is 1. The summed E-state index contributed by atoms with van der Waals surface area (Å²) in [5, 5.41) is 3.48. The van der Waals surface area contributed by atoms with Gasteiger partial charge >= 0.3 is 0 Å². The number of rotatable bonds is 8. The van der Waals surface area contributed by atoms with E-state index >= 15 is 0 Å². The third-order valence-corrected chi connectivity index (χ3v) is 5.85. The van der Waals surface area contributed by atoms with Crippen LogP contribution < -0.4 is 19.7 Å². The van der Waals surface area contributed by atoms with E-state index in [1.54, 1.807) is 14.2 Å². The molecule has 2 heterocycles. The Morgan fingerprint density at radius 2 is 1.81 bits per heavy atom. The summed E-state index contributed by atoms with van der Waals surface area (Å²) in [6.07, 6.45) is 2.77. The van der Waals surface area contributed by atoms with Crippen LogP contribution in [0.15, 0.2) is 41.5 Å². The average Bonchev–Trinajstić information content (AvgIpc) is 2.83. The zero-order valence-corrected chi connectivity index (χ0v) is 20.0. The Labute approximate surface area is 191 Å². The van der Waals surface area contributed by atoms with Crippen molar-refractivity contribution in [3.8, 4) is 11.5 Å². The van der Waals surface area contributed by atoms with E-state index in [2.05, 4.69) is 62.3 Å². The molecule has 1 aliphatic rings. The Morgan fingerprint density at radius 3 is 2.50 bits per heavy atom. The van der Waals surface area contributed by atoms with E-state index in [1.165, 1.54) is 11.1 Å². The van der Waals surface area contributed by atoms with Gasteiger partial charge in [0, 0.05) is 59.6 Å². The Bertz CT molecular complexity index is 896. The number of nitrogens with one attached hydrogen (secondary N) is 1. The van der Waals surface area contributed by atoms with Crippen LogP contribution in [0.2, 0.25) is 0 Å². The van der Waals surface area contributed by atoms with Crippen LogP contribution in [-0.2, 0) is 13.0 Å². The van der Waals surface area contributed by atoms with Crippen molar-refractivity contribution >= 4 is 11.8 Å². The Kier molecular flexibility index (Phi) is 8.56. The topological polar surface area (TPSA) is 65.5 Å². The lowest BCUT2D eigenvalue weighted by Gasteiger charge is -2.33. The maximum atomic E-state index is 5.41. The number of methoxy groups -OCH3 is 2. The van der Waals surface area contributed by atoms with E-state index in [-0.39, 0.29) is 0 Å². The second-order valence-electron chi connectivity index (χ2n) is 8.07. The summed E-state index contributed by atoms with van der Waals surface area (Å²) in [7, 11) is 9.35. The molecule has 1 saturated heterocycles. The minimum Gasteiger partial charge on any atom is -0.493 e. The molecule has 3 rings (SSSR count). The van der Waals surface area contributed by atoms with Crippen molar-refractivity contribution in [3.63, 3.8) is 0 Å². The van der Waals surface area contributed by atoms with Crippen LogP contribution in [0.3, 0.4) is 0 Å². The molecular formula is C24H36N6O2. The van der Waals surface area contributed by atoms with Gasteiger partial charge in [0.15, 0.2) is 17.5 Å². The predicted molar refractivity (Wildman–Crippen MR) is 130 cm³/mol. The van der Waals surface area contributed by atoms with Gasteiger partial charge in [-0.15, -0.1) is 0 Å². The lowest BCUT2D eigenvalue weighted by atomic mass is 10.1. The van der Waals surface area contributed by atoms with Gasteiger partial charge < -0.3 is 29.5 Å². The molecule has 0 amide bonds. The molecule has 1 aliphatic heterocycles. The quantitative estimate of drug-likeness (QED) is 0.498. The molecule has 1 fully saturated rings. The molecule has 0 unspecified atom stereocenters. The van der Waals surface area contributed by atoms with Crippen molar-refractivity contribution in [3.05, 3.63) is 47.7 Å². The van der Waals surface area contributed by atoms with Gasteiger partial charge in [0.2, 0.25) is 0 Å². The average molecular weight is 441 g/mol. The predicted octanol–water partition coefficient (Wildman–Crippen LogP) is 2.10. The molecule has 32 heavy (non-hydrogen) atoms. The van der Waals surface area contributed by atoms with Crippen LogP contribution in [0.5, 0.6) is 11.5 Å². The van der Waals surface area contributed by atoms with E-state index in [0.717, 1.165) is 62.4 Å². The zero-order valence-electron chi connectivity index (χ0n) is 20.0. The molecule has 0 bridgehead atoms. The number of piperazine rings is 1. The van der Waals surface area contributed by atoms with Crippen molar-refractivity contribution < 1.29 is 9.47 Å². The molecule has 0 atom stereocenters. The van der Waals surface area contributed by atoms with Gasteiger partial charge in [0.05, 0.1) is 14.2 Å². The smallest absolute Gasteiger partial charge is 0.193 e. The molecule has 8 heteroatoms. The molecule has 0 aliphatic carbocycles. The Morgan fingerprint density at radius 1 is 1.06 bits per heavy atom. The first kappa shape index (κ1) is 23.7. The van der Waals surface area contributed by atoms with Crippen molar-refractivity contribution in [2.24, 2.45) is 4.99 Å². The molecular weight excluding hydrogens is 404 g/mol. The molecule has 1 aromatic carbocycles. The number of nitrogens with zero attached hydrogens (tertiary/aromatic N) is 5. The molecule has 0 saturated carbocycles. The first-order valence-electron chi connectivity index (χ1n) is 11.0. The highest BCUT2D eigenvalue weighted by Crippen LogP contribution is 2.27. The minimum atomic E-state index is 0.705. The third-order valence-electron chi connectivity index (χ3n) is 5.85. The molecule has 174 valence electrons. The van der Waals surface area contributed by atoms with Gasteiger partial charge in [-0.2, -0.15) is 0 Å². The summed E-state index contributed by atoms with van der Waals surface area (Å²) in [6.45, 7) is 5.71. The Hall–Kier alpha value is -3.00. The van der Waals surface area contributed by atoms with Crippen LogP contribution in [-0.4, -0.2) is 88.8 Å². The maximum Gasteiger partial charge on any atom is 0.193 e. The fraction of sp³-hybridized carbons (Fsp3) is 0.500. The van der Waals surface area contributed by atoms with Gasteiger partial charge in [-0.3, -0.25) is 4.99 Å². The molecule has 1 aromatic heterocycles. The first-order valence-corrected chi connectivity index (χ1v) is 11.0. The highest BCUT2D eigenvalue weighted by molar-refractivity contribution is 5.79. The molecule has 8 nitrogen and oxygen atoms in total. The number of hydrogen-bond acceptors (Lipinski definition) is 6. The summed E-state index contributed by atoms with van der Waals surface area (Å²) in [6, 6.07) is 10.3. The lowest BCUT2D eigenvalue weighted by molar-refractivity contribution is 0.312. The fourth-order valence-electron chi connectivity index (χ4n) is 3.78. The molecule has 0 radical (unpaired) electrons. The first-order chi connectivity index (χ1) is 15.5. The number of guanidine groups is 1. The second-order valence-corrected chi connectivity index (χ2v) is 8.07. The van der Waals surface area contributed by atoms with Gasteiger partial charge in [0.1, 0.15) is 5.82 Å². The normalized spacial score (nSPS) is 14.9. The van der Waals surface area contributed by atoms with Crippen LogP contribution in [0.4, 0.5) is 5.82 Å². The third kappa shape index (κ3) is 6.26. The van der Waals surface area contributed by atoms with Gasteiger partial charge in [0.25, 0.3) is 0 Å². The number of aliphatic imine (C=N–C) groups is 1. The number of aromatic nitrogens is 1. The highest BCUT2D eigenvalue weighted by Gasteiger charge is 2.15. The van der Waals surface area contributed by atoms with Crippen LogP contribution in [0.1, 0.15) is 11.1 Å². The summed E-state index contributed by atoms with van der Waals surface area (Å²) < 4.78 is 10.7. The van der Waals surface area contributed by atoms with Gasteiger partial charge in [-0.05, 0) is 48.9 Å². The number of benzene rings is 1. The SMILES string of the molecule is CN=C(NCc1ccnc(N2CCN(C)CC2)c1)N(C)CCc1ccc(OC)c(OC)c1. The summed E-state index contributed by atoms with van der Waals surface area (Å²) in [5.41, 5.74) is 2.39. The highest BCUT2D eigenvalue weighted by atomic mass is 16.5. The van der Waals surface area contributed by atoms with Gasteiger partial charge in [-0.25, -0.2) is 4.98 Å². The lowest BCUT2D eigenvalue weighted by Crippen LogP contribution is -2.44. The van der Waals surface area contributed by atoms with Crippen LogP contribution >= 0.6 is 0 Å². The number of anilines is 1. The van der Waals surface area contributed by atoms with Crippen molar-refractivity contribution in [1.82, 2.24) is 20.1 Å². The molecule has 1 N–H and O–H groups in total. The fourth-order valence-corrected chi connectivity index (χ4v) is 3.78. The zero-order chi connectivity index (χ0) is 22.9. The van der Waals surface area contributed by atoms with Crippen LogP contribution in [0, 0.1) is 0 Å². The summed E-state index contributed by atoms with van der Waals surface area (Å²) >= 11 is 0. The van der Waals surface area contributed by atoms with E-state index in [9.17, 15) is 0 Å². The summed E-state index contributed by atoms with van der Waals surface area (Å²) in [5.74, 6) is 3.41. The largest absolute Gasteiger partial charge is 0.493 e. The standard InChI is InChI=1S/C24H36N6O2/c1-25-24(29(3)11-9-19-6-7-21(31-4)22(16-19)32-5)27-18-20-8-10-26-23(17-20)30-14-12-28(2)13-15-30/h6-8,10,16-17H,9,11-15,18H2,1-5H3,(H,25,27). The van der Waals surface area contributed by atoms with Crippen molar-refractivity contribution in [1.29, 1.82) is 0 Å². The van der Waals surface area contributed by atoms with E-state index in [1.807, 2.05) is 25.4 Å². The molecule has 0 spiro atoms. The summed E-state index contributed by atoms with van der Waals surface area (Å²) in [4.78, 5) is 15.9. The maximum absolute atomic E-state index is 5.41. The number of likely N-dealkylation sites (N-methyl/N-ethyl adjacent to an activating group) is 2. The minimum absolute atomic E-state index is 0.705. The van der Waals surface area contributed by atoms with E-state index in [0.29, 0.717) is 6.54 Å². The van der Waals surface area contributed by atoms with Gasteiger partial charge in [-0.1, -0.05) is 6.07 Å². The van der Waals surface area contributed by atoms with E-state index < -0.39 is 0 Å². The molecule has 2 aromatic rings. The van der Waals surface area contributed by atoms with Crippen LogP contribution in [0.25, 0.3) is 0 Å². The second kappa shape index (κ2) is 11.6. The number of ether oxygens (including phenoxy) is 2. The van der Waals surface area contributed by atoms with Crippen molar-refractivity contribution in [2.75, 3.05) is 73.0 Å². The monoisotopic (exact) mass is 440 g/mol. The van der Waals surface area contributed by atoms with Crippen molar-refractivity contribution in [2.45, 2.75) is 13.0 Å². The van der Waals surface area contributed by atoms with E-state index in [4.69, 9.17) is 9.47 Å².